The van der Waals surface area contributed by atoms with Gasteiger partial charge in [0.15, 0.2) is 0 Å². The monoisotopic (exact) mass is 436 g/mol. The average molecular weight is 437 g/mol. The molecule has 0 N–H and O–H groups in total. The molecule has 0 bridgehead atoms. The van der Waals surface area contributed by atoms with Gasteiger partial charge in [-0.2, -0.15) is 0 Å². The minimum absolute atomic E-state index is 0.940. The Balaban J connectivity index is 1.43. The number of nitrogens with zero attached hydrogens (tertiary/aromatic N) is 4. The first-order valence-corrected chi connectivity index (χ1v) is 11.3. The Kier molecular flexibility index (Phi) is 4.11. The highest BCUT2D eigenvalue weighted by atomic mass is 15.0. The molecule has 4 nitrogen and oxygen atoms in total. The van der Waals surface area contributed by atoms with Crippen LogP contribution in [0.4, 0.5) is 0 Å². The maximum Gasteiger partial charge on any atom is 0.137 e. The van der Waals surface area contributed by atoms with Crippen molar-refractivity contribution in [2.45, 2.75) is 0 Å². The third kappa shape index (κ3) is 2.79. The van der Waals surface area contributed by atoms with E-state index in [-0.39, 0.29) is 0 Å². The van der Waals surface area contributed by atoms with E-state index in [9.17, 15) is 0 Å². The lowest BCUT2D eigenvalue weighted by molar-refractivity contribution is 1.17. The Morgan fingerprint density at radius 1 is 0.588 bits per heavy atom. The summed E-state index contributed by atoms with van der Waals surface area (Å²) in [5.41, 5.74) is 8.72. The number of para-hydroxylation sites is 1. The van der Waals surface area contributed by atoms with Gasteiger partial charge in [-0.15, -0.1) is 0 Å². The van der Waals surface area contributed by atoms with Crippen molar-refractivity contribution in [2.75, 3.05) is 0 Å². The summed E-state index contributed by atoms with van der Waals surface area (Å²) in [6.07, 6.45) is 5.89. The number of imidazole rings is 1. The Bertz CT molecular complexity index is 1740. The summed E-state index contributed by atoms with van der Waals surface area (Å²) in [5.74, 6) is 0. The highest BCUT2D eigenvalue weighted by molar-refractivity contribution is 6.08. The van der Waals surface area contributed by atoms with Gasteiger partial charge >= 0.3 is 0 Å². The lowest BCUT2D eigenvalue weighted by atomic mass is 10.0. The van der Waals surface area contributed by atoms with Gasteiger partial charge in [0.2, 0.25) is 0 Å². The van der Waals surface area contributed by atoms with Crippen molar-refractivity contribution in [3.63, 3.8) is 0 Å². The highest BCUT2D eigenvalue weighted by Crippen LogP contribution is 2.35. The lowest BCUT2D eigenvalue weighted by Gasteiger charge is -2.10. The zero-order valence-electron chi connectivity index (χ0n) is 18.3. The molecule has 0 aliphatic rings. The van der Waals surface area contributed by atoms with Gasteiger partial charge in [-0.05, 0) is 36.4 Å². The van der Waals surface area contributed by atoms with Crippen molar-refractivity contribution in [3.05, 3.63) is 122 Å². The Morgan fingerprint density at radius 2 is 1.35 bits per heavy atom. The number of hydrogen-bond donors (Lipinski definition) is 0. The number of benzene rings is 3. The van der Waals surface area contributed by atoms with Gasteiger partial charge in [-0.1, -0.05) is 66.7 Å². The summed E-state index contributed by atoms with van der Waals surface area (Å²) in [6, 6.07) is 35.9. The summed E-state index contributed by atoms with van der Waals surface area (Å²) < 4.78 is 4.48. The molecule has 0 radical (unpaired) electrons. The normalized spacial score (nSPS) is 11.5. The molecule has 0 unspecified atom stereocenters. The first-order chi connectivity index (χ1) is 16.9. The standard InChI is InChI=1S/C30H20N4/c1-2-8-21(9-3-1)29-30(33-19-7-6-12-28(33)32-29)22-13-15-23(16-14-22)34-26-11-5-4-10-24(26)25-20-31-18-17-27(25)34/h1-20H. The first kappa shape index (κ1) is 18.8. The molecule has 0 aliphatic carbocycles. The van der Waals surface area contributed by atoms with E-state index in [4.69, 9.17) is 4.98 Å². The Morgan fingerprint density at radius 3 is 2.24 bits per heavy atom. The summed E-state index contributed by atoms with van der Waals surface area (Å²) in [6.45, 7) is 0. The molecule has 4 heteroatoms. The fourth-order valence-corrected chi connectivity index (χ4v) is 4.93. The van der Waals surface area contributed by atoms with Crippen molar-refractivity contribution < 1.29 is 0 Å². The van der Waals surface area contributed by atoms with Crippen LogP contribution in [0.1, 0.15) is 0 Å². The van der Waals surface area contributed by atoms with Gasteiger partial charge in [-0.25, -0.2) is 4.98 Å². The predicted octanol–water partition coefficient (Wildman–Crippen LogP) is 7.16. The molecule has 7 rings (SSSR count). The number of rotatable bonds is 3. The summed E-state index contributed by atoms with van der Waals surface area (Å²) >= 11 is 0. The van der Waals surface area contributed by atoms with E-state index >= 15 is 0 Å². The average Bonchev–Trinajstić information content (AvgIpc) is 3.46. The molecular formula is C30H20N4. The maximum absolute atomic E-state index is 4.96. The molecule has 160 valence electrons. The zero-order valence-corrected chi connectivity index (χ0v) is 18.3. The number of aromatic nitrogens is 4. The molecule has 3 aromatic carbocycles. The maximum atomic E-state index is 4.96. The Labute approximate surface area is 196 Å². The molecule has 0 amide bonds. The largest absolute Gasteiger partial charge is 0.309 e. The highest BCUT2D eigenvalue weighted by Gasteiger charge is 2.17. The van der Waals surface area contributed by atoms with Crippen molar-refractivity contribution in [1.82, 2.24) is 18.9 Å². The quantitative estimate of drug-likeness (QED) is 0.295. The van der Waals surface area contributed by atoms with E-state index in [0.29, 0.717) is 0 Å². The fraction of sp³-hybridized carbons (Fsp3) is 0. The van der Waals surface area contributed by atoms with E-state index in [1.165, 1.54) is 10.9 Å². The molecular weight excluding hydrogens is 416 g/mol. The predicted molar refractivity (Wildman–Crippen MR) is 138 cm³/mol. The number of pyridine rings is 2. The minimum Gasteiger partial charge on any atom is -0.309 e. The van der Waals surface area contributed by atoms with Crippen LogP contribution < -0.4 is 0 Å². The second-order valence-corrected chi connectivity index (χ2v) is 8.40. The molecule has 0 saturated heterocycles. The minimum atomic E-state index is 0.940. The van der Waals surface area contributed by atoms with Crippen LogP contribution in [0.15, 0.2) is 122 Å². The molecule has 4 aromatic heterocycles. The molecule has 0 spiro atoms. The van der Waals surface area contributed by atoms with E-state index in [1.807, 2.05) is 30.6 Å². The van der Waals surface area contributed by atoms with Gasteiger partial charge in [-0.3, -0.25) is 9.38 Å². The number of fused-ring (bicyclic) bond motifs is 4. The second kappa shape index (κ2) is 7.42. The van der Waals surface area contributed by atoms with Crippen LogP contribution in [0, 0.1) is 0 Å². The van der Waals surface area contributed by atoms with Crippen molar-refractivity contribution >= 4 is 27.5 Å². The number of hydrogen-bond acceptors (Lipinski definition) is 2. The lowest BCUT2D eigenvalue weighted by Crippen LogP contribution is -1.95. The van der Waals surface area contributed by atoms with E-state index in [2.05, 4.69) is 105 Å². The first-order valence-electron chi connectivity index (χ1n) is 11.3. The summed E-state index contributed by atoms with van der Waals surface area (Å²) in [7, 11) is 0. The molecule has 0 atom stereocenters. The van der Waals surface area contributed by atoms with Crippen LogP contribution in [0.2, 0.25) is 0 Å². The molecule has 4 heterocycles. The van der Waals surface area contributed by atoms with Gasteiger partial charge < -0.3 is 4.57 Å². The van der Waals surface area contributed by atoms with Crippen molar-refractivity contribution in [3.8, 4) is 28.2 Å². The van der Waals surface area contributed by atoms with Gasteiger partial charge in [0.25, 0.3) is 0 Å². The van der Waals surface area contributed by atoms with Crippen LogP contribution in [0.5, 0.6) is 0 Å². The topological polar surface area (TPSA) is 35.1 Å². The zero-order chi connectivity index (χ0) is 22.5. The van der Waals surface area contributed by atoms with Crippen molar-refractivity contribution in [2.24, 2.45) is 0 Å². The van der Waals surface area contributed by atoms with Crippen LogP contribution in [-0.4, -0.2) is 18.9 Å². The molecule has 0 saturated carbocycles. The molecule has 7 aromatic rings. The fourth-order valence-electron chi connectivity index (χ4n) is 4.93. The third-order valence-corrected chi connectivity index (χ3v) is 6.45. The third-order valence-electron chi connectivity index (χ3n) is 6.45. The van der Waals surface area contributed by atoms with Crippen LogP contribution in [0.25, 0.3) is 55.7 Å². The van der Waals surface area contributed by atoms with Crippen molar-refractivity contribution in [1.29, 1.82) is 0 Å². The molecule has 0 fully saturated rings. The summed E-state index contributed by atoms with van der Waals surface area (Å²) in [4.78, 5) is 9.33. The van der Waals surface area contributed by atoms with Gasteiger partial charge in [0.1, 0.15) is 5.65 Å². The van der Waals surface area contributed by atoms with E-state index < -0.39 is 0 Å². The van der Waals surface area contributed by atoms with Crippen LogP contribution in [0.3, 0.4) is 0 Å². The van der Waals surface area contributed by atoms with Gasteiger partial charge in [0, 0.05) is 46.2 Å². The van der Waals surface area contributed by atoms with E-state index in [1.54, 1.807) is 0 Å². The SMILES string of the molecule is c1ccc(-c2nc3ccccn3c2-c2ccc(-n3c4ccccc4c4cnccc43)cc2)cc1. The van der Waals surface area contributed by atoms with E-state index in [0.717, 1.165) is 44.8 Å². The molecule has 0 aliphatic heterocycles. The van der Waals surface area contributed by atoms with Crippen LogP contribution >= 0.6 is 0 Å². The molecule has 34 heavy (non-hydrogen) atoms. The van der Waals surface area contributed by atoms with Crippen LogP contribution in [-0.2, 0) is 0 Å². The van der Waals surface area contributed by atoms with Gasteiger partial charge in [0.05, 0.1) is 22.4 Å². The second-order valence-electron chi connectivity index (χ2n) is 8.40. The smallest absolute Gasteiger partial charge is 0.137 e. The Hall–Kier alpha value is -4.70. The summed E-state index contributed by atoms with van der Waals surface area (Å²) in [5, 5.41) is 2.37.